The van der Waals surface area contributed by atoms with Gasteiger partial charge in [-0.15, -0.1) is 0 Å². The van der Waals surface area contributed by atoms with Crippen molar-refractivity contribution >= 4 is 17.7 Å². The Morgan fingerprint density at radius 2 is 1.62 bits per heavy atom. The van der Waals surface area contributed by atoms with Crippen LogP contribution in [0.5, 0.6) is 11.5 Å². The molecule has 0 saturated carbocycles. The first kappa shape index (κ1) is 17.1. The minimum atomic E-state index is -2.90. The summed E-state index contributed by atoms with van der Waals surface area (Å²) < 4.78 is 33.2. The van der Waals surface area contributed by atoms with E-state index in [9.17, 15) is 23.7 Å². The van der Waals surface area contributed by atoms with Gasteiger partial charge in [-0.05, 0) is 35.9 Å². The van der Waals surface area contributed by atoms with Crippen LogP contribution in [0, 0.1) is 10.1 Å². The van der Waals surface area contributed by atoms with Gasteiger partial charge in [0.1, 0.15) is 11.5 Å². The molecule has 0 saturated heterocycles. The topological polar surface area (TPSA) is 78.7 Å². The summed E-state index contributed by atoms with van der Waals surface area (Å²) in [5.74, 6) is -0.511. The van der Waals surface area contributed by atoms with Crippen LogP contribution in [0.1, 0.15) is 5.56 Å². The van der Waals surface area contributed by atoms with E-state index in [4.69, 9.17) is 4.74 Å². The molecule has 8 heteroatoms. The summed E-state index contributed by atoms with van der Waals surface area (Å²) in [6.45, 7) is -2.90. The third-order valence-corrected chi connectivity index (χ3v) is 2.78. The molecule has 0 aliphatic heterocycles. The molecule has 0 bridgehead atoms. The van der Waals surface area contributed by atoms with Gasteiger partial charge in [0.15, 0.2) is 0 Å². The average molecular weight is 335 g/mol. The smallest absolute Gasteiger partial charge is 0.387 e. The van der Waals surface area contributed by atoms with Crippen molar-refractivity contribution in [2.75, 3.05) is 0 Å². The fourth-order valence-electron chi connectivity index (χ4n) is 1.71. The highest BCUT2D eigenvalue weighted by atomic mass is 19.3. The Bertz CT molecular complexity index is 742. The van der Waals surface area contributed by atoms with Crippen molar-refractivity contribution in [3.8, 4) is 11.5 Å². The van der Waals surface area contributed by atoms with E-state index in [0.29, 0.717) is 5.56 Å². The number of esters is 1. The van der Waals surface area contributed by atoms with Crippen LogP contribution in [0.2, 0.25) is 0 Å². The van der Waals surface area contributed by atoms with Crippen molar-refractivity contribution in [2.45, 2.75) is 6.61 Å². The second-order valence-electron chi connectivity index (χ2n) is 4.45. The quantitative estimate of drug-likeness (QED) is 0.264. The predicted molar refractivity (Wildman–Crippen MR) is 80.8 cm³/mol. The van der Waals surface area contributed by atoms with Crippen LogP contribution in [0.25, 0.3) is 6.08 Å². The lowest BCUT2D eigenvalue weighted by Gasteiger charge is -2.03. The highest BCUT2D eigenvalue weighted by molar-refractivity contribution is 5.88. The largest absolute Gasteiger partial charge is 0.435 e. The number of ether oxygens (including phenoxy) is 2. The number of alkyl halides is 2. The van der Waals surface area contributed by atoms with E-state index in [2.05, 4.69) is 4.74 Å². The summed E-state index contributed by atoms with van der Waals surface area (Å²) in [4.78, 5) is 21.6. The Morgan fingerprint density at radius 1 is 1.04 bits per heavy atom. The lowest BCUT2D eigenvalue weighted by Crippen LogP contribution is -2.03. The van der Waals surface area contributed by atoms with Gasteiger partial charge >= 0.3 is 12.6 Å². The third kappa shape index (κ3) is 5.16. The number of carbonyl (C=O) groups excluding carboxylic acids is 1. The van der Waals surface area contributed by atoms with Crippen LogP contribution in [0.4, 0.5) is 14.5 Å². The minimum Gasteiger partial charge on any atom is -0.435 e. The first-order chi connectivity index (χ1) is 11.4. The number of nitro benzene ring substituents is 1. The second kappa shape index (κ2) is 7.82. The molecule has 0 amide bonds. The molecule has 0 unspecified atom stereocenters. The Kier molecular flexibility index (Phi) is 5.56. The van der Waals surface area contributed by atoms with Crippen LogP contribution >= 0.6 is 0 Å². The van der Waals surface area contributed by atoms with Crippen molar-refractivity contribution in [3.05, 3.63) is 70.3 Å². The lowest BCUT2D eigenvalue weighted by molar-refractivity contribution is -0.384. The van der Waals surface area contributed by atoms with E-state index < -0.39 is 17.5 Å². The molecule has 0 atom stereocenters. The number of carbonyl (C=O) groups is 1. The van der Waals surface area contributed by atoms with E-state index in [1.54, 1.807) is 0 Å². The van der Waals surface area contributed by atoms with Crippen LogP contribution in [0.3, 0.4) is 0 Å². The standard InChI is InChI=1S/C16H11F2NO5/c17-16(18)24-14-6-1-11(2-7-14)3-10-15(20)23-13-8-4-12(5-9-13)19(21)22/h1-10,16H/b10-3+. The fraction of sp³-hybridized carbons (Fsp3) is 0.0625. The fourth-order valence-corrected chi connectivity index (χ4v) is 1.71. The highest BCUT2D eigenvalue weighted by Crippen LogP contribution is 2.18. The van der Waals surface area contributed by atoms with Gasteiger partial charge in [0.25, 0.3) is 5.69 Å². The first-order valence-corrected chi connectivity index (χ1v) is 6.63. The molecule has 0 heterocycles. The Labute approximate surface area is 135 Å². The summed E-state index contributed by atoms with van der Waals surface area (Å²) >= 11 is 0. The number of nitro groups is 1. The monoisotopic (exact) mass is 335 g/mol. The van der Waals surface area contributed by atoms with Gasteiger partial charge in [-0.25, -0.2) is 4.79 Å². The zero-order valence-corrected chi connectivity index (χ0v) is 12.1. The van der Waals surface area contributed by atoms with Crippen LogP contribution < -0.4 is 9.47 Å². The van der Waals surface area contributed by atoms with Gasteiger partial charge in [-0.3, -0.25) is 10.1 Å². The highest BCUT2D eigenvalue weighted by Gasteiger charge is 2.06. The van der Waals surface area contributed by atoms with E-state index in [1.165, 1.54) is 54.6 Å². The van der Waals surface area contributed by atoms with Gasteiger partial charge in [-0.1, -0.05) is 12.1 Å². The average Bonchev–Trinajstić information content (AvgIpc) is 2.54. The molecule has 0 fully saturated rings. The van der Waals surface area contributed by atoms with Crippen molar-refractivity contribution in [1.29, 1.82) is 0 Å². The number of rotatable bonds is 6. The molecule has 0 aliphatic rings. The van der Waals surface area contributed by atoms with Crippen LogP contribution in [-0.2, 0) is 4.79 Å². The molecule has 2 aromatic carbocycles. The number of benzene rings is 2. The van der Waals surface area contributed by atoms with E-state index >= 15 is 0 Å². The number of hydrogen-bond donors (Lipinski definition) is 0. The summed E-state index contributed by atoms with van der Waals surface area (Å²) in [5, 5.41) is 10.5. The minimum absolute atomic E-state index is 0.00982. The Morgan fingerprint density at radius 3 is 2.17 bits per heavy atom. The summed E-state index contributed by atoms with van der Waals surface area (Å²) in [6, 6.07) is 10.7. The molecule has 0 radical (unpaired) electrons. The van der Waals surface area contributed by atoms with E-state index in [0.717, 1.165) is 6.08 Å². The zero-order chi connectivity index (χ0) is 17.5. The maximum Gasteiger partial charge on any atom is 0.387 e. The molecule has 2 aromatic rings. The number of hydrogen-bond acceptors (Lipinski definition) is 5. The predicted octanol–water partition coefficient (Wildman–Crippen LogP) is 3.82. The van der Waals surface area contributed by atoms with Crippen molar-refractivity contribution < 1.29 is 28.0 Å². The number of nitrogens with zero attached hydrogens (tertiary/aromatic N) is 1. The summed E-state index contributed by atoms with van der Waals surface area (Å²) in [5.41, 5.74) is 0.466. The molecule has 0 spiro atoms. The normalized spacial score (nSPS) is 10.8. The molecule has 124 valence electrons. The molecule has 0 aliphatic carbocycles. The van der Waals surface area contributed by atoms with Gasteiger partial charge in [0, 0.05) is 18.2 Å². The van der Waals surface area contributed by atoms with Gasteiger partial charge in [0.05, 0.1) is 4.92 Å². The van der Waals surface area contributed by atoms with Crippen LogP contribution in [-0.4, -0.2) is 17.5 Å². The number of halogens is 2. The second-order valence-corrected chi connectivity index (χ2v) is 4.45. The maximum atomic E-state index is 12.0. The van der Waals surface area contributed by atoms with Gasteiger partial charge in [-0.2, -0.15) is 8.78 Å². The molecule has 2 rings (SSSR count). The molecular formula is C16H11F2NO5. The molecule has 0 N–H and O–H groups in total. The van der Waals surface area contributed by atoms with Crippen molar-refractivity contribution in [3.63, 3.8) is 0 Å². The molecule has 6 nitrogen and oxygen atoms in total. The maximum absolute atomic E-state index is 12.0. The Balaban J connectivity index is 1.93. The lowest BCUT2D eigenvalue weighted by atomic mass is 10.2. The number of non-ortho nitro benzene ring substituents is 1. The van der Waals surface area contributed by atoms with Crippen molar-refractivity contribution in [2.24, 2.45) is 0 Å². The van der Waals surface area contributed by atoms with Gasteiger partial charge < -0.3 is 9.47 Å². The molecule has 24 heavy (non-hydrogen) atoms. The molecular weight excluding hydrogens is 324 g/mol. The summed E-state index contributed by atoms with van der Waals surface area (Å²) in [6.07, 6.45) is 2.57. The summed E-state index contributed by atoms with van der Waals surface area (Å²) in [7, 11) is 0. The SMILES string of the molecule is O=C(/C=C/c1ccc(OC(F)F)cc1)Oc1ccc([N+](=O)[O-])cc1. The van der Waals surface area contributed by atoms with Gasteiger partial charge in [0.2, 0.25) is 0 Å². The zero-order valence-electron chi connectivity index (χ0n) is 12.1. The first-order valence-electron chi connectivity index (χ1n) is 6.63. The Hall–Kier alpha value is -3.29. The van der Waals surface area contributed by atoms with Crippen LogP contribution in [0.15, 0.2) is 54.6 Å². The van der Waals surface area contributed by atoms with E-state index in [1.807, 2.05) is 0 Å². The molecule has 0 aromatic heterocycles. The van der Waals surface area contributed by atoms with Crippen molar-refractivity contribution in [1.82, 2.24) is 0 Å². The third-order valence-electron chi connectivity index (χ3n) is 2.78. The van der Waals surface area contributed by atoms with E-state index in [-0.39, 0.29) is 17.2 Å².